The summed E-state index contributed by atoms with van der Waals surface area (Å²) < 4.78 is 5.88. The average Bonchev–Trinajstić information content (AvgIpc) is 2.20. The molecule has 0 aliphatic rings. The van der Waals surface area contributed by atoms with Crippen LogP contribution in [-0.4, -0.2) is 6.07 Å². The first-order valence-electron chi connectivity index (χ1n) is 4.12. The molecular weight excluding hydrogens is 202 g/mol. The van der Waals surface area contributed by atoms with Crippen LogP contribution in [-0.2, 0) is 0 Å². The Labute approximate surface area is 86.1 Å². The minimum atomic E-state index is 0.0806. The third kappa shape index (κ3) is 1.59. The van der Waals surface area contributed by atoms with E-state index < -0.39 is 0 Å². The van der Waals surface area contributed by atoms with E-state index in [0.717, 1.165) is 10.1 Å². The molecule has 0 bridgehead atoms. The molecule has 0 spiro atoms. The lowest BCUT2D eigenvalue weighted by Crippen LogP contribution is -2.25. The maximum Gasteiger partial charge on any atom is 0.227 e. The largest absolute Gasteiger partial charge is 0.618 e. The van der Waals surface area contributed by atoms with Gasteiger partial charge in [-0.25, -0.2) is 0 Å². The van der Waals surface area contributed by atoms with Crippen molar-refractivity contribution >= 4 is 22.5 Å². The van der Waals surface area contributed by atoms with Crippen molar-refractivity contribution in [2.45, 2.75) is 0 Å². The van der Waals surface area contributed by atoms with Crippen molar-refractivity contribution < 1.29 is 9.47 Å². The first kappa shape index (κ1) is 9.09. The van der Waals surface area contributed by atoms with Gasteiger partial charge in [0.15, 0.2) is 12.3 Å². The van der Waals surface area contributed by atoms with E-state index in [0.29, 0.717) is 11.3 Å². The van der Waals surface area contributed by atoms with Crippen molar-refractivity contribution in [3.8, 4) is 5.75 Å². The normalized spacial score (nSPS) is 10.4. The van der Waals surface area contributed by atoms with Crippen molar-refractivity contribution in [2.75, 3.05) is 6.07 Å². The molecule has 2 aromatic rings. The number of alkyl halides is 1. The lowest BCUT2D eigenvalue weighted by molar-refractivity contribution is -0.577. The van der Waals surface area contributed by atoms with E-state index >= 15 is 0 Å². The van der Waals surface area contributed by atoms with Gasteiger partial charge >= 0.3 is 0 Å². The number of benzene rings is 1. The second kappa shape index (κ2) is 3.72. The minimum absolute atomic E-state index is 0.0806. The van der Waals surface area contributed by atoms with E-state index in [1.165, 1.54) is 6.20 Å². The third-order valence-corrected chi connectivity index (χ3v) is 2.07. The Morgan fingerprint density at radius 3 is 3.00 bits per heavy atom. The maximum atomic E-state index is 11.4. The van der Waals surface area contributed by atoms with Gasteiger partial charge in [-0.15, -0.1) is 0 Å². The number of fused-ring (bicyclic) bond motifs is 1. The van der Waals surface area contributed by atoms with Gasteiger partial charge in [0.25, 0.3) is 0 Å². The Hall–Kier alpha value is -1.48. The first-order chi connectivity index (χ1) is 6.81. The lowest BCUT2D eigenvalue weighted by Gasteiger charge is -2.04. The average molecular weight is 210 g/mol. The van der Waals surface area contributed by atoms with E-state index in [1.54, 1.807) is 18.2 Å². The van der Waals surface area contributed by atoms with Crippen LogP contribution in [0.15, 0.2) is 36.5 Å². The second-order valence-corrected chi connectivity index (χ2v) is 3.03. The molecule has 0 saturated carbocycles. The van der Waals surface area contributed by atoms with E-state index in [1.807, 2.05) is 12.1 Å². The number of halogens is 1. The summed E-state index contributed by atoms with van der Waals surface area (Å²) in [7, 11) is 0. The lowest BCUT2D eigenvalue weighted by atomic mass is 10.2. The van der Waals surface area contributed by atoms with Crippen LogP contribution in [0, 0.1) is 5.21 Å². The molecule has 0 saturated heterocycles. The molecule has 0 unspecified atom stereocenters. The minimum Gasteiger partial charge on any atom is -0.618 e. The summed E-state index contributed by atoms with van der Waals surface area (Å²) in [5, 5.41) is 12.2. The number of ether oxygens (including phenoxy) is 1. The molecule has 0 aliphatic heterocycles. The fourth-order valence-electron chi connectivity index (χ4n) is 1.31. The van der Waals surface area contributed by atoms with Crippen LogP contribution in [0.2, 0.25) is 0 Å². The third-order valence-electron chi connectivity index (χ3n) is 1.96. The number of aromatic nitrogens is 1. The molecule has 1 aromatic carbocycles. The highest BCUT2D eigenvalue weighted by molar-refractivity contribution is 6.17. The summed E-state index contributed by atoms with van der Waals surface area (Å²) in [5.74, 6) is 0.600. The van der Waals surface area contributed by atoms with Crippen LogP contribution in [0.1, 0.15) is 0 Å². The molecule has 72 valence electrons. The van der Waals surface area contributed by atoms with Crippen LogP contribution in [0.5, 0.6) is 5.75 Å². The SMILES string of the molecule is [O-][n+]1cccc2ccc(OCCl)cc21. The van der Waals surface area contributed by atoms with Gasteiger partial charge in [-0.2, -0.15) is 4.73 Å². The summed E-state index contributed by atoms with van der Waals surface area (Å²) >= 11 is 5.42. The smallest absolute Gasteiger partial charge is 0.227 e. The molecule has 0 radical (unpaired) electrons. The van der Waals surface area contributed by atoms with Gasteiger partial charge in [0.2, 0.25) is 5.52 Å². The Morgan fingerprint density at radius 2 is 2.21 bits per heavy atom. The first-order valence-corrected chi connectivity index (χ1v) is 4.65. The highest BCUT2D eigenvalue weighted by Crippen LogP contribution is 2.17. The number of hydrogen-bond acceptors (Lipinski definition) is 2. The molecule has 0 fully saturated rings. The van der Waals surface area contributed by atoms with Crippen molar-refractivity contribution in [1.82, 2.24) is 0 Å². The Kier molecular flexibility index (Phi) is 2.41. The number of nitrogens with zero attached hydrogens (tertiary/aromatic N) is 1. The van der Waals surface area contributed by atoms with Gasteiger partial charge in [-0.3, -0.25) is 0 Å². The van der Waals surface area contributed by atoms with E-state index in [4.69, 9.17) is 16.3 Å². The standard InChI is InChI=1S/C10H8ClNO2/c11-7-14-9-4-3-8-2-1-5-12(13)10(8)6-9/h1-6H,7H2. The topological polar surface area (TPSA) is 36.2 Å². The number of rotatable bonds is 2. The molecule has 2 rings (SSSR count). The Morgan fingerprint density at radius 1 is 1.36 bits per heavy atom. The molecule has 0 N–H and O–H groups in total. The van der Waals surface area contributed by atoms with E-state index in [2.05, 4.69) is 0 Å². The number of hydrogen-bond donors (Lipinski definition) is 0. The molecule has 0 atom stereocenters. The zero-order chi connectivity index (χ0) is 9.97. The summed E-state index contributed by atoms with van der Waals surface area (Å²) in [5.41, 5.74) is 0.579. The van der Waals surface area contributed by atoms with Gasteiger partial charge in [0, 0.05) is 11.5 Å². The zero-order valence-electron chi connectivity index (χ0n) is 7.31. The number of pyridine rings is 1. The molecular formula is C10H8ClNO2. The van der Waals surface area contributed by atoms with Gasteiger partial charge in [0.1, 0.15) is 5.75 Å². The Bertz CT molecular complexity index is 459. The van der Waals surface area contributed by atoms with Crippen molar-refractivity contribution in [3.63, 3.8) is 0 Å². The van der Waals surface area contributed by atoms with Gasteiger partial charge in [0.05, 0.1) is 6.07 Å². The molecule has 3 nitrogen and oxygen atoms in total. The molecule has 1 aromatic heterocycles. The molecule has 14 heavy (non-hydrogen) atoms. The summed E-state index contributed by atoms with van der Waals surface area (Å²) in [6, 6.07) is 8.93. The van der Waals surface area contributed by atoms with Crippen LogP contribution < -0.4 is 9.47 Å². The predicted molar refractivity (Wildman–Crippen MR) is 54.3 cm³/mol. The van der Waals surface area contributed by atoms with Crippen molar-refractivity contribution in [3.05, 3.63) is 41.7 Å². The summed E-state index contributed by atoms with van der Waals surface area (Å²) in [4.78, 5) is 0. The van der Waals surface area contributed by atoms with Gasteiger partial charge in [-0.05, 0) is 18.2 Å². The molecule has 4 heteroatoms. The predicted octanol–water partition coefficient (Wildman–Crippen LogP) is 2.05. The van der Waals surface area contributed by atoms with Crippen LogP contribution in [0.4, 0.5) is 0 Å². The molecule has 1 heterocycles. The second-order valence-electron chi connectivity index (χ2n) is 2.81. The zero-order valence-corrected chi connectivity index (χ0v) is 8.07. The Balaban J connectivity index is 2.58. The molecule has 0 aliphatic carbocycles. The van der Waals surface area contributed by atoms with Crippen molar-refractivity contribution in [2.24, 2.45) is 0 Å². The van der Waals surface area contributed by atoms with Gasteiger partial charge < -0.3 is 9.94 Å². The monoisotopic (exact) mass is 209 g/mol. The fourth-order valence-corrected chi connectivity index (χ4v) is 1.44. The summed E-state index contributed by atoms with van der Waals surface area (Å²) in [6.07, 6.45) is 1.45. The van der Waals surface area contributed by atoms with Crippen molar-refractivity contribution in [1.29, 1.82) is 0 Å². The van der Waals surface area contributed by atoms with E-state index in [9.17, 15) is 5.21 Å². The fraction of sp³-hybridized carbons (Fsp3) is 0.100. The molecule has 0 amide bonds. The highest BCUT2D eigenvalue weighted by Gasteiger charge is 2.04. The summed E-state index contributed by atoms with van der Waals surface area (Å²) in [6.45, 7) is 0. The van der Waals surface area contributed by atoms with E-state index in [-0.39, 0.29) is 6.07 Å². The maximum absolute atomic E-state index is 11.4. The van der Waals surface area contributed by atoms with Gasteiger partial charge in [-0.1, -0.05) is 11.6 Å². The van der Waals surface area contributed by atoms with Crippen LogP contribution >= 0.6 is 11.6 Å². The van der Waals surface area contributed by atoms with Crippen LogP contribution in [0.3, 0.4) is 0 Å². The highest BCUT2D eigenvalue weighted by atomic mass is 35.5. The quantitative estimate of drug-likeness (QED) is 0.431. The van der Waals surface area contributed by atoms with Crippen LogP contribution in [0.25, 0.3) is 10.9 Å².